The Labute approximate surface area is 263 Å². The number of hydrogen-bond donors (Lipinski definition) is 0. The van der Waals surface area contributed by atoms with Gasteiger partial charge in [0.05, 0.1) is 13.7 Å². The maximum absolute atomic E-state index is 6.54. The van der Waals surface area contributed by atoms with Crippen molar-refractivity contribution < 1.29 is 24.5 Å². The van der Waals surface area contributed by atoms with Crippen LogP contribution in [0.2, 0.25) is 19.6 Å². The van der Waals surface area contributed by atoms with Crippen LogP contribution >= 0.6 is 0 Å². The summed E-state index contributed by atoms with van der Waals surface area (Å²) in [6, 6.07) is 35.5. The van der Waals surface area contributed by atoms with Gasteiger partial charge in [-0.15, -0.1) is 54.1 Å². The van der Waals surface area contributed by atoms with Gasteiger partial charge < -0.3 is 14.4 Å². The summed E-state index contributed by atoms with van der Waals surface area (Å²) < 4.78 is 6.54. The standard InChI is InChI=1S/C26H28NOSi.C11H8N.Ir/c1-29(2,3)24-14-8-12-21-20-11-7-13-22(25(20)28-26(21)24)23-17-19(15-16-27-23)18-9-5-4-6-10-18;1-2-6-10(7-3-1)11-8-4-5-9-12-11;/h7-8,11-12,14-18H,4-6,9-10H2,1-3H3;1-6,8-9H;/q2*-1;. The van der Waals surface area contributed by atoms with E-state index in [1.807, 2.05) is 54.7 Å². The molecule has 1 aliphatic carbocycles. The van der Waals surface area contributed by atoms with Crippen LogP contribution in [0.1, 0.15) is 43.6 Å². The Kier molecular flexibility index (Phi) is 9.52. The molecule has 0 aliphatic heterocycles. The summed E-state index contributed by atoms with van der Waals surface area (Å²) in [7, 11) is -1.51. The van der Waals surface area contributed by atoms with Crippen LogP contribution in [0, 0.1) is 12.1 Å². The Morgan fingerprint density at radius 3 is 2.24 bits per heavy atom. The first-order chi connectivity index (χ1) is 20.0. The maximum Gasteiger partial charge on any atom is 0.120 e. The number of nitrogens with zero attached hydrogens (tertiary/aromatic N) is 2. The van der Waals surface area contributed by atoms with Crippen LogP contribution in [0.3, 0.4) is 0 Å². The molecule has 7 rings (SSSR count). The number of para-hydroxylation sites is 1. The van der Waals surface area contributed by atoms with E-state index in [-0.39, 0.29) is 20.1 Å². The van der Waals surface area contributed by atoms with Crippen LogP contribution in [-0.4, -0.2) is 18.0 Å². The van der Waals surface area contributed by atoms with Gasteiger partial charge in [0.25, 0.3) is 0 Å². The van der Waals surface area contributed by atoms with Crippen molar-refractivity contribution >= 4 is 35.2 Å². The summed E-state index contributed by atoms with van der Waals surface area (Å²) in [6.07, 6.45) is 10.4. The Bertz CT molecular complexity index is 1720. The average molecular weight is 745 g/mol. The van der Waals surface area contributed by atoms with Crippen LogP contribution < -0.4 is 5.19 Å². The molecule has 0 N–H and O–H groups in total. The SMILES string of the molecule is C[Si](C)(C)c1cccc2c1oc1c(-c3cc(C4CCCCC4)ccn3)[c-]ccc12.[Ir].[c-]1ccccc1-c1ccccn1. The quantitative estimate of drug-likeness (QED) is 0.133. The van der Waals surface area contributed by atoms with E-state index in [0.29, 0.717) is 5.92 Å². The molecule has 42 heavy (non-hydrogen) atoms. The molecule has 3 aromatic heterocycles. The van der Waals surface area contributed by atoms with Crippen molar-refractivity contribution in [2.24, 2.45) is 0 Å². The van der Waals surface area contributed by atoms with E-state index in [1.54, 1.807) is 6.20 Å². The summed E-state index contributed by atoms with van der Waals surface area (Å²) in [6.45, 7) is 7.12. The molecule has 3 aromatic carbocycles. The van der Waals surface area contributed by atoms with E-state index in [0.717, 1.165) is 33.7 Å². The Morgan fingerprint density at radius 2 is 1.50 bits per heavy atom. The largest absolute Gasteiger partial charge is 0.501 e. The smallest absolute Gasteiger partial charge is 0.120 e. The molecule has 5 heteroatoms. The minimum atomic E-state index is -1.51. The van der Waals surface area contributed by atoms with Gasteiger partial charge >= 0.3 is 0 Å². The average Bonchev–Trinajstić information content (AvgIpc) is 3.41. The molecule has 1 fully saturated rings. The molecule has 1 saturated carbocycles. The summed E-state index contributed by atoms with van der Waals surface area (Å²) >= 11 is 0. The third-order valence-corrected chi connectivity index (χ3v) is 10.0. The van der Waals surface area contributed by atoms with E-state index in [9.17, 15) is 0 Å². The first-order valence-corrected chi connectivity index (χ1v) is 18.2. The Hall–Kier alpha value is -3.37. The fraction of sp³-hybridized carbons (Fsp3) is 0.243. The van der Waals surface area contributed by atoms with E-state index >= 15 is 0 Å². The van der Waals surface area contributed by atoms with Gasteiger partial charge in [-0.3, -0.25) is 0 Å². The second kappa shape index (κ2) is 13.3. The number of fused-ring (bicyclic) bond motifs is 3. The molecule has 215 valence electrons. The zero-order valence-electron chi connectivity index (χ0n) is 24.5. The number of pyridine rings is 2. The van der Waals surface area contributed by atoms with Crippen molar-refractivity contribution in [3.05, 3.63) is 115 Å². The number of aromatic nitrogens is 2. The van der Waals surface area contributed by atoms with Gasteiger partial charge in [0.15, 0.2) is 0 Å². The minimum absolute atomic E-state index is 0. The van der Waals surface area contributed by atoms with Crippen molar-refractivity contribution in [1.29, 1.82) is 0 Å². The predicted octanol–water partition coefficient (Wildman–Crippen LogP) is 9.59. The van der Waals surface area contributed by atoms with E-state index in [2.05, 4.69) is 73.2 Å². The molecule has 0 atom stereocenters. The normalized spacial score (nSPS) is 13.8. The fourth-order valence-electron chi connectivity index (χ4n) is 5.89. The van der Waals surface area contributed by atoms with Crippen LogP contribution in [0.25, 0.3) is 44.5 Å². The third-order valence-electron chi connectivity index (χ3n) is 8.03. The van der Waals surface area contributed by atoms with Crippen molar-refractivity contribution in [2.45, 2.75) is 57.7 Å². The Morgan fingerprint density at radius 1 is 0.714 bits per heavy atom. The summed E-state index contributed by atoms with van der Waals surface area (Å²) in [4.78, 5) is 8.93. The molecular weight excluding hydrogens is 709 g/mol. The summed E-state index contributed by atoms with van der Waals surface area (Å²) in [5.74, 6) is 0.666. The maximum atomic E-state index is 6.54. The Balaban J connectivity index is 0.000000228. The van der Waals surface area contributed by atoms with Crippen molar-refractivity contribution in [3.8, 4) is 22.5 Å². The van der Waals surface area contributed by atoms with Gasteiger partial charge in [0.2, 0.25) is 0 Å². The molecule has 0 unspecified atom stereocenters. The third kappa shape index (κ3) is 6.49. The molecule has 3 nitrogen and oxygen atoms in total. The monoisotopic (exact) mass is 745 g/mol. The van der Waals surface area contributed by atoms with E-state index < -0.39 is 8.07 Å². The molecule has 1 aliphatic rings. The van der Waals surface area contributed by atoms with Crippen molar-refractivity contribution in [1.82, 2.24) is 9.97 Å². The van der Waals surface area contributed by atoms with E-state index in [4.69, 9.17) is 9.40 Å². The van der Waals surface area contributed by atoms with Crippen LogP contribution in [0.4, 0.5) is 0 Å². The zero-order valence-corrected chi connectivity index (χ0v) is 27.9. The molecular formula is C37H36IrN2OSi-2. The van der Waals surface area contributed by atoms with E-state index in [1.165, 1.54) is 53.6 Å². The van der Waals surface area contributed by atoms with Gasteiger partial charge in [-0.05, 0) is 47.5 Å². The first kappa shape index (κ1) is 30.1. The molecule has 0 saturated heterocycles. The minimum Gasteiger partial charge on any atom is -0.501 e. The van der Waals surface area contributed by atoms with Crippen molar-refractivity contribution in [3.63, 3.8) is 0 Å². The van der Waals surface area contributed by atoms with Gasteiger partial charge in [-0.2, -0.15) is 0 Å². The second-order valence-corrected chi connectivity index (χ2v) is 17.0. The van der Waals surface area contributed by atoms with Gasteiger partial charge in [0, 0.05) is 37.9 Å². The van der Waals surface area contributed by atoms with Crippen molar-refractivity contribution in [2.75, 3.05) is 0 Å². The molecule has 0 spiro atoms. The molecule has 0 bridgehead atoms. The second-order valence-electron chi connectivity index (χ2n) is 11.9. The molecule has 1 radical (unpaired) electrons. The molecule has 0 amide bonds. The van der Waals surface area contributed by atoms with Crippen LogP contribution in [0.15, 0.2) is 102 Å². The number of furan rings is 1. The number of hydrogen-bond acceptors (Lipinski definition) is 3. The molecule has 6 aromatic rings. The predicted molar refractivity (Wildman–Crippen MR) is 173 cm³/mol. The topological polar surface area (TPSA) is 38.9 Å². The van der Waals surface area contributed by atoms with Gasteiger partial charge in [-0.25, -0.2) is 0 Å². The summed E-state index contributed by atoms with van der Waals surface area (Å²) in [5, 5.41) is 3.75. The van der Waals surface area contributed by atoms with Gasteiger partial charge in [0.1, 0.15) is 5.58 Å². The zero-order chi connectivity index (χ0) is 28.2. The van der Waals surface area contributed by atoms with Gasteiger partial charge in [-0.1, -0.05) is 91.8 Å². The van der Waals surface area contributed by atoms with Crippen LogP contribution in [0.5, 0.6) is 0 Å². The molecule has 3 heterocycles. The first-order valence-electron chi connectivity index (χ1n) is 14.7. The number of rotatable bonds is 4. The number of benzene rings is 3. The fourth-order valence-corrected chi connectivity index (χ4v) is 7.36. The summed E-state index contributed by atoms with van der Waals surface area (Å²) in [5.41, 5.74) is 7.35. The van der Waals surface area contributed by atoms with Crippen LogP contribution in [-0.2, 0) is 20.1 Å².